The van der Waals surface area contributed by atoms with Gasteiger partial charge in [-0.3, -0.25) is 9.69 Å². The number of methoxy groups -OCH3 is 2. The number of morpholine rings is 1. The molecule has 0 bridgehead atoms. The van der Waals surface area contributed by atoms with Crippen LogP contribution in [0.25, 0.3) is 0 Å². The first-order chi connectivity index (χ1) is 25.2. The number of rotatable bonds is 16. The number of likely N-dealkylation sites (tertiary alicyclic amines) is 1. The Labute approximate surface area is 309 Å². The molecule has 3 aromatic carbocycles. The molecule has 52 heavy (non-hydrogen) atoms. The number of benzene rings is 3. The van der Waals surface area contributed by atoms with E-state index in [1.54, 1.807) is 19.1 Å². The van der Waals surface area contributed by atoms with Gasteiger partial charge >= 0.3 is 5.97 Å². The summed E-state index contributed by atoms with van der Waals surface area (Å²) in [4.78, 5) is 32.8. The minimum atomic E-state index is -0.632. The fraction of sp³-hybridized carbons (Fsp3) is 0.535. The topological polar surface area (TPSA) is 86.8 Å². The molecule has 3 atom stereocenters. The third-order valence-corrected chi connectivity index (χ3v) is 11.0. The van der Waals surface area contributed by atoms with E-state index in [1.165, 1.54) is 16.7 Å². The monoisotopic (exact) mass is 712 g/mol. The van der Waals surface area contributed by atoms with Crippen LogP contribution in [0.2, 0.25) is 0 Å². The Morgan fingerprint density at radius 1 is 0.865 bits per heavy atom. The molecule has 0 aromatic heterocycles. The van der Waals surface area contributed by atoms with Crippen molar-refractivity contribution in [2.45, 2.75) is 83.8 Å². The van der Waals surface area contributed by atoms with Crippen molar-refractivity contribution in [1.82, 2.24) is 9.80 Å². The minimum Gasteiger partial charge on any atom is -0.493 e. The highest BCUT2D eigenvalue weighted by Gasteiger charge is 2.41. The summed E-state index contributed by atoms with van der Waals surface area (Å²) in [5.74, 6) is 1.82. The van der Waals surface area contributed by atoms with Crippen molar-refractivity contribution in [3.63, 3.8) is 0 Å². The Hall–Kier alpha value is -4.08. The zero-order valence-corrected chi connectivity index (χ0v) is 31.7. The number of carbonyl (C=O) groups is 2. The predicted octanol–water partition coefficient (Wildman–Crippen LogP) is 7.13. The molecular weight excluding hydrogens is 656 g/mol. The van der Waals surface area contributed by atoms with Crippen LogP contribution in [0, 0.1) is 26.7 Å². The Morgan fingerprint density at radius 3 is 2.40 bits per heavy atom. The highest BCUT2D eigenvalue weighted by molar-refractivity contribution is 5.89. The van der Waals surface area contributed by atoms with Gasteiger partial charge in [0.15, 0.2) is 11.5 Å². The van der Waals surface area contributed by atoms with E-state index in [2.05, 4.69) is 36.9 Å². The number of aryl methyl sites for hydroxylation is 4. The summed E-state index contributed by atoms with van der Waals surface area (Å²) in [6.07, 6.45) is 5.21. The zero-order valence-electron chi connectivity index (χ0n) is 31.7. The molecule has 3 aromatic rings. The van der Waals surface area contributed by atoms with E-state index >= 15 is 0 Å². The number of carbonyl (C=O) groups excluding carboxylic acids is 2. The molecule has 0 spiro atoms. The number of ether oxygens (including phenoxy) is 5. The minimum absolute atomic E-state index is 0.0136. The van der Waals surface area contributed by atoms with Crippen LogP contribution in [-0.2, 0) is 25.5 Å². The zero-order chi connectivity index (χ0) is 36.6. The molecule has 0 N–H and O–H groups in total. The van der Waals surface area contributed by atoms with Crippen LogP contribution in [0.4, 0.5) is 0 Å². The molecule has 0 radical (unpaired) electrons. The second kappa shape index (κ2) is 17.6. The summed E-state index contributed by atoms with van der Waals surface area (Å²) in [7, 11) is 3.25. The van der Waals surface area contributed by atoms with E-state index in [1.807, 2.05) is 43.3 Å². The highest BCUT2D eigenvalue weighted by Crippen LogP contribution is 2.43. The molecule has 1 aliphatic carbocycles. The Balaban J connectivity index is 1.20. The second-order valence-corrected chi connectivity index (χ2v) is 14.8. The summed E-state index contributed by atoms with van der Waals surface area (Å²) < 4.78 is 29.4. The Morgan fingerprint density at radius 2 is 1.67 bits per heavy atom. The van der Waals surface area contributed by atoms with Gasteiger partial charge in [0.1, 0.15) is 24.5 Å². The maximum atomic E-state index is 14.5. The number of amides is 1. The normalized spacial score (nSPS) is 18.9. The largest absolute Gasteiger partial charge is 0.493 e. The van der Waals surface area contributed by atoms with Gasteiger partial charge in [0.2, 0.25) is 5.91 Å². The van der Waals surface area contributed by atoms with Crippen LogP contribution < -0.4 is 14.2 Å². The van der Waals surface area contributed by atoms with E-state index in [9.17, 15) is 9.59 Å². The van der Waals surface area contributed by atoms with Crippen LogP contribution in [-0.4, -0.2) is 87.9 Å². The maximum absolute atomic E-state index is 14.5. The first-order valence-electron chi connectivity index (χ1n) is 19.1. The molecule has 3 aliphatic rings. The lowest BCUT2D eigenvalue weighted by Crippen LogP contribution is -2.44. The summed E-state index contributed by atoms with van der Waals surface area (Å²) in [6, 6.07) is 17.8. The molecule has 2 heterocycles. The Kier molecular flexibility index (Phi) is 12.8. The average Bonchev–Trinajstić information content (AvgIpc) is 3.85. The van der Waals surface area contributed by atoms with E-state index in [0.29, 0.717) is 43.4 Å². The lowest BCUT2D eigenvalue weighted by atomic mass is 9.90. The fourth-order valence-corrected chi connectivity index (χ4v) is 7.62. The quantitative estimate of drug-likeness (QED) is 0.145. The van der Waals surface area contributed by atoms with Gasteiger partial charge in [0.05, 0.1) is 33.4 Å². The van der Waals surface area contributed by atoms with E-state index in [-0.39, 0.29) is 17.8 Å². The first kappa shape index (κ1) is 37.7. The summed E-state index contributed by atoms with van der Waals surface area (Å²) >= 11 is 0. The first-order valence-corrected chi connectivity index (χ1v) is 19.1. The molecule has 280 valence electrons. The van der Waals surface area contributed by atoms with Gasteiger partial charge in [0.25, 0.3) is 0 Å². The molecule has 1 saturated carbocycles. The SMILES string of the molecule is COc1cc([C@H](CC2CC2)C(=O)N2CCC[C@H]2C(=O)OC(CCc2ccc(C)c(C)c2)c2cccc(OCCN3CCOCC3)c2)cc(C)c1OC. The molecular formula is C43H56N2O7. The van der Waals surface area contributed by atoms with Crippen molar-refractivity contribution < 1.29 is 33.3 Å². The van der Waals surface area contributed by atoms with Gasteiger partial charge < -0.3 is 28.6 Å². The molecule has 9 nitrogen and oxygen atoms in total. The smallest absolute Gasteiger partial charge is 0.329 e. The van der Waals surface area contributed by atoms with E-state index in [4.69, 9.17) is 23.7 Å². The highest BCUT2D eigenvalue weighted by atomic mass is 16.5. The fourth-order valence-electron chi connectivity index (χ4n) is 7.62. The molecule has 9 heteroatoms. The number of hydrogen-bond donors (Lipinski definition) is 0. The lowest BCUT2D eigenvalue weighted by molar-refractivity contribution is -0.159. The second-order valence-electron chi connectivity index (χ2n) is 14.8. The van der Waals surface area contributed by atoms with Gasteiger partial charge in [-0.1, -0.05) is 49.2 Å². The van der Waals surface area contributed by atoms with Gasteiger partial charge in [-0.2, -0.15) is 0 Å². The van der Waals surface area contributed by atoms with Crippen molar-refractivity contribution >= 4 is 11.9 Å². The van der Waals surface area contributed by atoms with Crippen LogP contribution in [0.3, 0.4) is 0 Å². The number of nitrogens with zero attached hydrogens (tertiary/aromatic N) is 2. The molecule has 2 saturated heterocycles. The van der Waals surface area contributed by atoms with Crippen molar-refractivity contribution in [3.8, 4) is 17.2 Å². The summed E-state index contributed by atoms with van der Waals surface area (Å²) in [5.41, 5.74) is 6.41. The maximum Gasteiger partial charge on any atom is 0.329 e. The predicted molar refractivity (Wildman–Crippen MR) is 201 cm³/mol. The number of esters is 1. The molecule has 2 aliphatic heterocycles. The third kappa shape index (κ3) is 9.47. The van der Waals surface area contributed by atoms with Crippen LogP contribution in [0.5, 0.6) is 17.2 Å². The van der Waals surface area contributed by atoms with Crippen molar-refractivity contribution in [1.29, 1.82) is 0 Å². The van der Waals surface area contributed by atoms with E-state index in [0.717, 1.165) is 87.4 Å². The molecule has 3 fully saturated rings. The van der Waals surface area contributed by atoms with Crippen molar-refractivity contribution in [3.05, 3.63) is 88.0 Å². The van der Waals surface area contributed by atoms with Gasteiger partial charge in [-0.05, 0) is 110 Å². The third-order valence-electron chi connectivity index (χ3n) is 11.0. The molecule has 1 unspecified atom stereocenters. The lowest BCUT2D eigenvalue weighted by Gasteiger charge is -2.30. The van der Waals surface area contributed by atoms with Gasteiger partial charge in [-0.15, -0.1) is 0 Å². The van der Waals surface area contributed by atoms with E-state index < -0.39 is 12.1 Å². The summed E-state index contributed by atoms with van der Waals surface area (Å²) in [6.45, 7) is 11.5. The van der Waals surface area contributed by atoms with Crippen molar-refractivity contribution in [2.24, 2.45) is 5.92 Å². The number of hydrogen-bond acceptors (Lipinski definition) is 8. The summed E-state index contributed by atoms with van der Waals surface area (Å²) in [5, 5.41) is 0. The van der Waals surface area contributed by atoms with Crippen molar-refractivity contribution in [2.75, 3.05) is 60.2 Å². The van der Waals surface area contributed by atoms with Crippen LogP contribution >= 0.6 is 0 Å². The van der Waals surface area contributed by atoms with Crippen LogP contribution in [0.15, 0.2) is 54.6 Å². The van der Waals surface area contributed by atoms with Gasteiger partial charge in [-0.25, -0.2) is 4.79 Å². The standard InChI is InChI=1S/C43H56N2O7/c1-29-11-12-32(24-30(29)2)15-16-39(34-8-6-9-36(27-34)51-23-20-44-18-21-50-22-19-44)52-43(47)38-10-7-17-45(38)42(46)37(26-33-13-14-33)35-25-31(3)41(49-5)40(28-35)48-4/h6,8-9,11-12,24-25,27-28,33,37-39H,7,10,13-23,26H2,1-5H3/t37-,38-,39?/m0/s1. The van der Waals surface area contributed by atoms with Gasteiger partial charge in [0, 0.05) is 26.2 Å². The Bertz CT molecular complexity index is 1680. The molecule has 6 rings (SSSR count). The van der Waals surface area contributed by atoms with Crippen LogP contribution in [0.1, 0.15) is 83.9 Å². The average molecular weight is 713 g/mol. The molecule has 1 amide bonds.